The third kappa shape index (κ3) is 2.69. The third-order valence-electron chi connectivity index (χ3n) is 4.22. The standard InChI is InChI=1S/C17H15BrN2O2S2/c18-12-6-1-4-10-16(12)24(21,22)20-11-5-8-14(20)17-19-13-7-2-3-9-15(13)23-17/h1-4,6-7,9-10,14H,5,8,11H2. The Labute approximate surface area is 153 Å². The van der Waals surface area contributed by atoms with E-state index in [2.05, 4.69) is 20.9 Å². The molecular weight excluding hydrogens is 408 g/mol. The summed E-state index contributed by atoms with van der Waals surface area (Å²) in [6.07, 6.45) is 1.66. The van der Waals surface area contributed by atoms with Crippen molar-refractivity contribution in [3.8, 4) is 0 Å². The average molecular weight is 423 g/mol. The Morgan fingerprint density at radius 1 is 1.12 bits per heavy atom. The first-order chi connectivity index (χ1) is 11.6. The van der Waals surface area contributed by atoms with Crippen molar-refractivity contribution in [1.29, 1.82) is 0 Å². The topological polar surface area (TPSA) is 50.3 Å². The van der Waals surface area contributed by atoms with E-state index in [1.54, 1.807) is 33.8 Å². The molecule has 3 aromatic rings. The predicted molar refractivity (Wildman–Crippen MR) is 99.6 cm³/mol. The number of hydrogen-bond acceptors (Lipinski definition) is 4. The molecule has 124 valence electrons. The van der Waals surface area contributed by atoms with Crippen LogP contribution in [-0.2, 0) is 10.0 Å². The quantitative estimate of drug-likeness (QED) is 0.620. The van der Waals surface area contributed by atoms with Crippen LogP contribution in [0.1, 0.15) is 23.9 Å². The van der Waals surface area contributed by atoms with E-state index >= 15 is 0 Å². The molecule has 24 heavy (non-hydrogen) atoms. The number of thiazole rings is 1. The molecule has 0 saturated carbocycles. The summed E-state index contributed by atoms with van der Waals surface area (Å²) >= 11 is 4.95. The minimum absolute atomic E-state index is 0.181. The molecule has 1 aliphatic rings. The number of rotatable bonds is 3. The Morgan fingerprint density at radius 2 is 1.88 bits per heavy atom. The second-order valence-electron chi connectivity index (χ2n) is 5.72. The first-order valence-electron chi connectivity index (χ1n) is 7.69. The summed E-state index contributed by atoms with van der Waals surface area (Å²) < 4.78 is 29.5. The van der Waals surface area contributed by atoms with Crippen LogP contribution >= 0.6 is 27.3 Å². The van der Waals surface area contributed by atoms with Crippen LogP contribution in [0, 0.1) is 0 Å². The highest BCUT2D eigenvalue weighted by molar-refractivity contribution is 9.10. The number of para-hydroxylation sites is 1. The summed E-state index contributed by atoms with van der Waals surface area (Å²) in [6.45, 7) is 0.532. The van der Waals surface area contributed by atoms with Crippen LogP contribution in [-0.4, -0.2) is 24.3 Å². The molecule has 1 saturated heterocycles. The molecule has 4 nitrogen and oxygen atoms in total. The monoisotopic (exact) mass is 422 g/mol. The molecule has 0 radical (unpaired) electrons. The highest BCUT2D eigenvalue weighted by atomic mass is 79.9. The maximum absolute atomic E-state index is 13.1. The lowest BCUT2D eigenvalue weighted by Gasteiger charge is -2.23. The van der Waals surface area contributed by atoms with E-state index in [4.69, 9.17) is 0 Å². The van der Waals surface area contributed by atoms with Gasteiger partial charge in [0.25, 0.3) is 0 Å². The number of sulfonamides is 1. The molecule has 1 atom stereocenters. The molecular formula is C17H15BrN2O2S2. The van der Waals surface area contributed by atoms with Gasteiger partial charge in [0.05, 0.1) is 21.2 Å². The molecule has 1 aromatic heterocycles. The lowest BCUT2D eigenvalue weighted by atomic mass is 10.2. The van der Waals surface area contributed by atoms with Gasteiger partial charge in [-0.05, 0) is 53.0 Å². The largest absolute Gasteiger partial charge is 0.244 e. The zero-order valence-corrected chi connectivity index (χ0v) is 15.9. The molecule has 0 spiro atoms. The maximum Gasteiger partial charge on any atom is 0.244 e. The molecule has 1 aliphatic heterocycles. The van der Waals surface area contributed by atoms with Gasteiger partial charge in [-0.15, -0.1) is 11.3 Å². The third-order valence-corrected chi connectivity index (χ3v) is 8.28. The maximum atomic E-state index is 13.1. The molecule has 1 unspecified atom stereocenters. The van der Waals surface area contributed by atoms with Gasteiger partial charge in [-0.3, -0.25) is 0 Å². The average Bonchev–Trinajstić information content (AvgIpc) is 3.21. The molecule has 2 aromatic carbocycles. The van der Waals surface area contributed by atoms with Gasteiger partial charge in [0.1, 0.15) is 5.01 Å². The van der Waals surface area contributed by atoms with Crippen molar-refractivity contribution in [3.63, 3.8) is 0 Å². The number of nitrogens with zero attached hydrogens (tertiary/aromatic N) is 2. The van der Waals surface area contributed by atoms with Gasteiger partial charge in [-0.2, -0.15) is 4.31 Å². The van der Waals surface area contributed by atoms with Crippen molar-refractivity contribution in [2.75, 3.05) is 6.54 Å². The van der Waals surface area contributed by atoms with Gasteiger partial charge in [0.2, 0.25) is 10.0 Å². The lowest BCUT2D eigenvalue weighted by molar-refractivity contribution is 0.396. The van der Waals surface area contributed by atoms with Gasteiger partial charge in [-0.25, -0.2) is 13.4 Å². The van der Waals surface area contributed by atoms with Gasteiger partial charge >= 0.3 is 0 Å². The first kappa shape index (κ1) is 16.2. The first-order valence-corrected chi connectivity index (χ1v) is 10.7. The number of hydrogen-bond donors (Lipinski definition) is 0. The van der Waals surface area contributed by atoms with Crippen molar-refractivity contribution in [3.05, 3.63) is 58.0 Å². The van der Waals surface area contributed by atoms with E-state index < -0.39 is 10.0 Å². The van der Waals surface area contributed by atoms with Crippen LogP contribution < -0.4 is 0 Å². The van der Waals surface area contributed by atoms with E-state index in [-0.39, 0.29) is 6.04 Å². The van der Waals surface area contributed by atoms with E-state index in [1.165, 1.54) is 0 Å². The number of aromatic nitrogens is 1. The summed E-state index contributed by atoms with van der Waals surface area (Å²) in [4.78, 5) is 4.99. The zero-order valence-electron chi connectivity index (χ0n) is 12.7. The Bertz CT molecular complexity index is 968. The van der Waals surface area contributed by atoms with E-state index in [1.807, 2.05) is 30.3 Å². The highest BCUT2D eigenvalue weighted by Gasteiger charge is 2.38. The summed E-state index contributed by atoms with van der Waals surface area (Å²) in [6, 6.07) is 14.7. The molecule has 0 aliphatic carbocycles. The van der Waals surface area contributed by atoms with Gasteiger partial charge in [0.15, 0.2) is 0 Å². The van der Waals surface area contributed by atoms with Crippen molar-refractivity contribution in [2.24, 2.45) is 0 Å². The summed E-state index contributed by atoms with van der Waals surface area (Å²) in [5.41, 5.74) is 0.933. The molecule has 0 amide bonds. The minimum atomic E-state index is -3.55. The molecule has 1 fully saturated rings. The molecule has 7 heteroatoms. The second-order valence-corrected chi connectivity index (χ2v) is 9.50. The van der Waals surface area contributed by atoms with Gasteiger partial charge in [-0.1, -0.05) is 24.3 Å². The number of fused-ring (bicyclic) bond motifs is 1. The smallest absolute Gasteiger partial charge is 0.239 e. The van der Waals surface area contributed by atoms with Crippen LogP contribution in [0.2, 0.25) is 0 Å². The summed E-state index contributed by atoms with van der Waals surface area (Å²) in [5.74, 6) is 0. The SMILES string of the molecule is O=S(=O)(c1ccccc1Br)N1CCCC1c1nc2ccccc2s1. The Morgan fingerprint density at radius 3 is 2.67 bits per heavy atom. The van der Waals surface area contributed by atoms with Crippen LogP contribution in [0.15, 0.2) is 57.9 Å². The van der Waals surface area contributed by atoms with Crippen LogP contribution in [0.4, 0.5) is 0 Å². The Balaban J connectivity index is 1.76. The molecule has 0 N–H and O–H groups in total. The van der Waals surface area contributed by atoms with Crippen LogP contribution in [0.5, 0.6) is 0 Å². The lowest BCUT2D eigenvalue weighted by Crippen LogP contribution is -2.30. The van der Waals surface area contributed by atoms with Crippen LogP contribution in [0.25, 0.3) is 10.2 Å². The van der Waals surface area contributed by atoms with E-state index in [0.717, 1.165) is 28.1 Å². The normalized spacial score (nSPS) is 19.1. The summed E-state index contributed by atoms with van der Waals surface area (Å²) in [5, 5.41) is 0.879. The fourth-order valence-electron chi connectivity index (χ4n) is 3.09. The zero-order chi connectivity index (χ0) is 16.7. The Kier molecular flexibility index (Phi) is 4.20. The molecule has 4 rings (SSSR count). The fourth-order valence-corrected chi connectivity index (χ4v) is 6.90. The van der Waals surface area contributed by atoms with Crippen molar-refractivity contribution < 1.29 is 8.42 Å². The minimum Gasteiger partial charge on any atom is -0.239 e. The van der Waals surface area contributed by atoms with Crippen molar-refractivity contribution in [2.45, 2.75) is 23.8 Å². The van der Waals surface area contributed by atoms with Crippen LogP contribution in [0.3, 0.4) is 0 Å². The molecule has 2 heterocycles. The Hall–Kier alpha value is -1.28. The molecule has 0 bridgehead atoms. The van der Waals surface area contributed by atoms with Crippen molar-refractivity contribution >= 4 is 47.5 Å². The highest BCUT2D eigenvalue weighted by Crippen LogP contribution is 2.40. The fraction of sp³-hybridized carbons (Fsp3) is 0.235. The second kappa shape index (κ2) is 6.22. The van der Waals surface area contributed by atoms with Gasteiger partial charge in [0, 0.05) is 11.0 Å². The number of halogens is 1. The predicted octanol–water partition coefficient (Wildman–Crippen LogP) is 4.58. The number of benzene rings is 2. The van der Waals surface area contributed by atoms with Gasteiger partial charge < -0.3 is 0 Å². The summed E-state index contributed by atoms with van der Waals surface area (Å²) in [7, 11) is -3.55. The van der Waals surface area contributed by atoms with Crippen molar-refractivity contribution in [1.82, 2.24) is 9.29 Å². The van der Waals surface area contributed by atoms with E-state index in [0.29, 0.717) is 15.9 Å². The van der Waals surface area contributed by atoms with E-state index in [9.17, 15) is 8.42 Å².